The van der Waals surface area contributed by atoms with Crippen molar-refractivity contribution < 1.29 is 9.53 Å². The lowest BCUT2D eigenvalue weighted by molar-refractivity contribution is -0.116. The summed E-state index contributed by atoms with van der Waals surface area (Å²) in [5.74, 6) is -0.155. The zero-order valence-corrected chi connectivity index (χ0v) is 12.0. The highest BCUT2D eigenvalue weighted by Crippen LogP contribution is 2.22. The number of methoxy groups -OCH3 is 1. The highest BCUT2D eigenvalue weighted by atomic mass is 35.5. The average molecular weight is 300 g/mol. The summed E-state index contributed by atoms with van der Waals surface area (Å²) >= 11 is 7.51. The van der Waals surface area contributed by atoms with Crippen molar-refractivity contribution in [3.8, 4) is 0 Å². The molecule has 1 N–H and O–H groups in total. The number of nitrogens with zero attached hydrogens (tertiary/aromatic N) is 2. The fourth-order valence-corrected chi connectivity index (χ4v) is 2.57. The molecule has 1 amide bonds. The minimum atomic E-state index is -0.155. The number of nitrogens with one attached hydrogen (secondary N) is 1. The molecule has 2 heterocycles. The van der Waals surface area contributed by atoms with E-state index in [9.17, 15) is 4.79 Å². The lowest BCUT2D eigenvalue weighted by Crippen LogP contribution is -2.22. The van der Waals surface area contributed by atoms with Gasteiger partial charge in [0.1, 0.15) is 0 Å². The van der Waals surface area contributed by atoms with E-state index in [-0.39, 0.29) is 5.91 Å². The van der Waals surface area contributed by atoms with Crippen LogP contribution in [0.25, 0.3) is 11.0 Å². The van der Waals surface area contributed by atoms with E-state index in [1.807, 2.05) is 16.0 Å². The van der Waals surface area contributed by atoms with Gasteiger partial charge in [-0.25, -0.2) is 4.98 Å². The molecule has 0 saturated carbocycles. The van der Waals surface area contributed by atoms with Gasteiger partial charge < -0.3 is 10.1 Å². The number of ether oxygens (including phenoxy) is 1. The van der Waals surface area contributed by atoms with E-state index < -0.39 is 0 Å². The number of carbonyl (C=O) groups excluding carboxylic acids is 1. The topological polar surface area (TPSA) is 55.6 Å². The maximum absolute atomic E-state index is 11.6. The van der Waals surface area contributed by atoms with Gasteiger partial charge in [-0.15, -0.1) is 11.3 Å². The third kappa shape index (κ3) is 3.56. The average Bonchev–Trinajstić information content (AvgIpc) is 2.93. The summed E-state index contributed by atoms with van der Waals surface area (Å²) in [6.45, 7) is 1.22. The molecule has 0 spiro atoms. The van der Waals surface area contributed by atoms with Crippen molar-refractivity contribution in [1.29, 1.82) is 0 Å². The molecule has 0 aliphatic heterocycles. The zero-order valence-electron chi connectivity index (χ0n) is 10.4. The van der Waals surface area contributed by atoms with Gasteiger partial charge in [0.2, 0.25) is 5.91 Å². The smallest absolute Gasteiger partial charge is 0.244 e. The number of imidazole rings is 1. The molecule has 0 unspecified atom stereocenters. The van der Waals surface area contributed by atoms with Crippen LogP contribution >= 0.6 is 22.9 Å². The second kappa shape index (κ2) is 6.70. The van der Waals surface area contributed by atoms with Crippen LogP contribution in [0.1, 0.15) is 12.1 Å². The molecule has 0 bridgehead atoms. The van der Waals surface area contributed by atoms with Crippen LogP contribution in [0.15, 0.2) is 17.7 Å². The number of amides is 1. The van der Waals surface area contributed by atoms with Crippen LogP contribution in [-0.2, 0) is 9.53 Å². The van der Waals surface area contributed by atoms with Crippen molar-refractivity contribution in [2.75, 3.05) is 20.3 Å². The van der Waals surface area contributed by atoms with Gasteiger partial charge in [0.05, 0.1) is 5.69 Å². The zero-order chi connectivity index (χ0) is 13.7. The van der Waals surface area contributed by atoms with Crippen molar-refractivity contribution in [3.63, 3.8) is 0 Å². The number of halogens is 1. The van der Waals surface area contributed by atoms with Crippen LogP contribution in [0.3, 0.4) is 0 Å². The lowest BCUT2D eigenvalue weighted by Gasteiger charge is -2.00. The van der Waals surface area contributed by atoms with Crippen LogP contribution in [0, 0.1) is 0 Å². The summed E-state index contributed by atoms with van der Waals surface area (Å²) < 4.78 is 6.75. The van der Waals surface area contributed by atoms with Crippen LogP contribution in [0.2, 0.25) is 5.15 Å². The number of carbonyl (C=O) groups is 1. The van der Waals surface area contributed by atoms with Crippen LogP contribution in [-0.4, -0.2) is 35.6 Å². The third-order valence-corrected chi connectivity index (χ3v) is 3.51. The summed E-state index contributed by atoms with van der Waals surface area (Å²) in [7, 11) is 1.63. The Hall–Kier alpha value is -1.37. The molecule has 0 radical (unpaired) electrons. The Bertz CT molecular complexity index is 591. The van der Waals surface area contributed by atoms with E-state index in [1.54, 1.807) is 13.2 Å². The Kier molecular flexibility index (Phi) is 4.95. The monoisotopic (exact) mass is 299 g/mol. The molecule has 5 nitrogen and oxygen atoms in total. The van der Waals surface area contributed by atoms with Gasteiger partial charge in [-0.3, -0.25) is 9.20 Å². The second-order valence-corrected chi connectivity index (χ2v) is 5.05. The molecule has 102 valence electrons. The van der Waals surface area contributed by atoms with E-state index in [0.29, 0.717) is 24.0 Å². The predicted molar refractivity (Wildman–Crippen MR) is 76.6 cm³/mol. The first-order chi connectivity index (χ1) is 9.22. The van der Waals surface area contributed by atoms with Gasteiger partial charge in [-0.2, -0.15) is 0 Å². The molecule has 0 aliphatic carbocycles. The molecule has 2 aromatic rings. The first-order valence-corrected chi connectivity index (χ1v) is 7.04. The molecule has 0 aliphatic rings. The summed E-state index contributed by atoms with van der Waals surface area (Å²) in [5.41, 5.74) is 0.713. The van der Waals surface area contributed by atoms with Crippen molar-refractivity contribution in [2.24, 2.45) is 0 Å². The lowest BCUT2D eigenvalue weighted by atomic mass is 10.3. The van der Waals surface area contributed by atoms with Crippen molar-refractivity contribution >= 4 is 39.9 Å². The van der Waals surface area contributed by atoms with Gasteiger partial charge in [-0.1, -0.05) is 11.6 Å². The molecule has 0 saturated heterocycles. The summed E-state index contributed by atoms with van der Waals surface area (Å²) in [4.78, 5) is 16.6. The third-order valence-electron chi connectivity index (χ3n) is 2.47. The van der Waals surface area contributed by atoms with Gasteiger partial charge in [0.15, 0.2) is 10.1 Å². The standard InChI is InChI=1S/C12H14ClN3O2S/c1-18-7-2-5-14-10(17)4-3-9-11(13)15-12-16(9)6-8-19-12/h3-4,6,8H,2,5,7H2,1H3,(H,14,17)/b4-3+. The molecule has 2 rings (SSSR count). The fraction of sp³-hybridized carbons (Fsp3) is 0.333. The minimum absolute atomic E-state index is 0.155. The first kappa shape index (κ1) is 14.0. The molecule has 19 heavy (non-hydrogen) atoms. The second-order valence-electron chi connectivity index (χ2n) is 3.81. The Morgan fingerprint density at radius 1 is 1.68 bits per heavy atom. The predicted octanol–water partition coefficient (Wildman–Crippen LogP) is 2.22. The number of fused-ring (bicyclic) bond motifs is 1. The molecular weight excluding hydrogens is 286 g/mol. The summed E-state index contributed by atoms with van der Waals surface area (Å²) in [5, 5.41) is 5.08. The number of hydrogen-bond acceptors (Lipinski definition) is 4. The summed E-state index contributed by atoms with van der Waals surface area (Å²) in [6.07, 6.45) is 5.79. The van der Waals surface area contributed by atoms with E-state index in [2.05, 4.69) is 10.3 Å². The van der Waals surface area contributed by atoms with E-state index >= 15 is 0 Å². The Labute approximate surface area is 119 Å². The number of thiazole rings is 1. The molecule has 0 fully saturated rings. The van der Waals surface area contributed by atoms with Crippen LogP contribution in [0.4, 0.5) is 0 Å². The number of rotatable bonds is 6. The molecule has 0 atom stereocenters. The Balaban J connectivity index is 1.96. The highest BCUT2D eigenvalue weighted by Gasteiger charge is 2.08. The normalized spacial score (nSPS) is 11.5. The largest absolute Gasteiger partial charge is 0.385 e. The molecule has 2 aromatic heterocycles. The van der Waals surface area contributed by atoms with Gasteiger partial charge in [0.25, 0.3) is 0 Å². The van der Waals surface area contributed by atoms with E-state index in [4.69, 9.17) is 16.3 Å². The van der Waals surface area contributed by atoms with Crippen molar-refractivity contribution in [2.45, 2.75) is 6.42 Å². The minimum Gasteiger partial charge on any atom is -0.385 e. The maximum Gasteiger partial charge on any atom is 0.244 e. The Morgan fingerprint density at radius 2 is 2.53 bits per heavy atom. The van der Waals surface area contributed by atoms with Crippen LogP contribution in [0.5, 0.6) is 0 Å². The first-order valence-electron chi connectivity index (χ1n) is 5.78. The number of hydrogen-bond donors (Lipinski definition) is 1. The maximum atomic E-state index is 11.6. The molecular formula is C12H14ClN3O2S. The molecule has 0 aromatic carbocycles. The van der Waals surface area contributed by atoms with E-state index in [1.165, 1.54) is 17.4 Å². The summed E-state index contributed by atoms with van der Waals surface area (Å²) in [6, 6.07) is 0. The van der Waals surface area contributed by atoms with Gasteiger partial charge in [0, 0.05) is 37.9 Å². The van der Waals surface area contributed by atoms with Crippen molar-refractivity contribution in [1.82, 2.24) is 14.7 Å². The highest BCUT2D eigenvalue weighted by molar-refractivity contribution is 7.15. The van der Waals surface area contributed by atoms with Crippen LogP contribution < -0.4 is 5.32 Å². The Morgan fingerprint density at radius 3 is 3.32 bits per heavy atom. The van der Waals surface area contributed by atoms with Gasteiger partial charge in [-0.05, 0) is 12.5 Å². The fourth-order valence-electron chi connectivity index (χ4n) is 1.57. The SMILES string of the molecule is COCCCNC(=O)/C=C/c1c(Cl)nc2sccn12. The van der Waals surface area contributed by atoms with E-state index in [0.717, 1.165) is 11.4 Å². The van der Waals surface area contributed by atoms with Crippen molar-refractivity contribution in [3.05, 3.63) is 28.5 Å². The van der Waals surface area contributed by atoms with Gasteiger partial charge >= 0.3 is 0 Å². The number of aromatic nitrogens is 2. The molecule has 7 heteroatoms. The quantitative estimate of drug-likeness (QED) is 0.657.